The first kappa shape index (κ1) is 10.6. The lowest BCUT2D eigenvalue weighted by molar-refractivity contribution is 1.10. The Kier molecular flexibility index (Phi) is 4.28. The number of hydrogen-bond acceptors (Lipinski definition) is 2. The molecule has 0 radical (unpaired) electrons. The average Bonchev–Trinajstić information content (AvgIpc) is 2.16. The number of benzene rings is 1. The molecule has 0 N–H and O–H groups in total. The number of rotatable bonds is 3. The van der Waals surface area contributed by atoms with Gasteiger partial charge >= 0.3 is 0 Å². The fourth-order valence-electron chi connectivity index (χ4n) is 1.25. The van der Waals surface area contributed by atoms with Gasteiger partial charge in [-0.25, -0.2) is 0 Å². The van der Waals surface area contributed by atoms with Crippen LogP contribution >= 0.6 is 21.0 Å². The highest BCUT2D eigenvalue weighted by Crippen LogP contribution is 2.31. The van der Waals surface area contributed by atoms with Crippen LogP contribution < -0.4 is 0 Å². The Hall–Kier alpha value is -0.510. The monoisotopic (exact) mass is 209 g/mol. The van der Waals surface area contributed by atoms with Gasteiger partial charge in [0, 0.05) is 5.25 Å². The van der Waals surface area contributed by atoms with Gasteiger partial charge in [0.1, 0.15) is 5.40 Å². The van der Waals surface area contributed by atoms with E-state index in [1.54, 1.807) is 0 Å². The number of hydrogen-bond donors (Lipinski definition) is 0. The Morgan fingerprint density at radius 3 is 2.77 bits per heavy atom. The normalized spacial score (nSPS) is 12.1. The van der Waals surface area contributed by atoms with Crippen molar-refractivity contribution in [3.8, 4) is 5.40 Å². The van der Waals surface area contributed by atoms with Crippen molar-refractivity contribution in [3.05, 3.63) is 35.4 Å². The van der Waals surface area contributed by atoms with Crippen LogP contribution in [0.3, 0.4) is 0 Å². The van der Waals surface area contributed by atoms with Gasteiger partial charge in [-0.2, -0.15) is 5.26 Å². The summed E-state index contributed by atoms with van der Waals surface area (Å²) in [6.07, 6.45) is 0.920. The van der Waals surface area contributed by atoms with Gasteiger partial charge in [0.2, 0.25) is 0 Å². The lowest BCUT2D eigenvalue weighted by Crippen LogP contribution is -1.96. The number of nitrogens with zero attached hydrogens (tertiary/aromatic N) is 1. The van der Waals surface area contributed by atoms with Crippen molar-refractivity contribution in [2.24, 2.45) is 0 Å². The van der Waals surface area contributed by atoms with E-state index in [4.69, 9.17) is 5.26 Å². The van der Waals surface area contributed by atoms with E-state index in [0.717, 1.165) is 6.16 Å². The predicted octanol–water partition coefficient (Wildman–Crippen LogP) is 3.13. The number of thioether (sulfide) groups is 1. The van der Waals surface area contributed by atoms with Crippen molar-refractivity contribution in [2.75, 3.05) is 6.16 Å². The average molecular weight is 209 g/mol. The number of nitriles is 1. The third-order valence-electron chi connectivity index (χ3n) is 1.94. The Morgan fingerprint density at radius 2 is 2.23 bits per heavy atom. The van der Waals surface area contributed by atoms with Crippen molar-refractivity contribution in [3.63, 3.8) is 0 Å². The lowest BCUT2D eigenvalue weighted by Gasteiger charge is -2.12. The lowest BCUT2D eigenvalue weighted by atomic mass is 10.1. The van der Waals surface area contributed by atoms with Crippen LogP contribution in [0.1, 0.15) is 16.4 Å². The van der Waals surface area contributed by atoms with Crippen molar-refractivity contribution in [2.45, 2.75) is 12.2 Å². The van der Waals surface area contributed by atoms with Crippen molar-refractivity contribution in [1.29, 1.82) is 5.26 Å². The summed E-state index contributed by atoms with van der Waals surface area (Å²) in [6, 6.07) is 8.22. The zero-order valence-electron chi connectivity index (χ0n) is 7.53. The maximum absolute atomic E-state index is 8.62. The molecule has 0 spiro atoms. The number of thiocyanates is 1. The molecule has 1 aromatic rings. The molecule has 0 aliphatic heterocycles. The third kappa shape index (κ3) is 2.72. The van der Waals surface area contributed by atoms with Crippen LogP contribution in [0.25, 0.3) is 0 Å². The quantitative estimate of drug-likeness (QED) is 0.564. The Bertz CT molecular complexity index is 319. The highest BCUT2D eigenvalue weighted by Gasteiger charge is 2.11. The van der Waals surface area contributed by atoms with Crippen LogP contribution in [0.5, 0.6) is 0 Å². The fourth-order valence-corrected chi connectivity index (χ4v) is 2.41. The molecule has 2 unspecified atom stereocenters. The summed E-state index contributed by atoms with van der Waals surface area (Å²) in [4.78, 5) is 0. The summed E-state index contributed by atoms with van der Waals surface area (Å²) in [6.45, 7) is 2.08. The highest BCUT2D eigenvalue weighted by molar-refractivity contribution is 8.04. The molecule has 3 heteroatoms. The topological polar surface area (TPSA) is 23.8 Å². The molecule has 1 aromatic carbocycles. The molecule has 0 saturated heterocycles. The largest absolute Gasteiger partial charge is 0.185 e. The molecule has 0 aliphatic rings. The van der Waals surface area contributed by atoms with Crippen molar-refractivity contribution < 1.29 is 0 Å². The first-order valence-corrected chi connectivity index (χ1v) is 5.79. The van der Waals surface area contributed by atoms with E-state index in [1.165, 1.54) is 22.9 Å². The van der Waals surface area contributed by atoms with E-state index < -0.39 is 0 Å². The molecular formula is C10H12NPS. The fraction of sp³-hybridized carbons (Fsp3) is 0.300. The highest BCUT2D eigenvalue weighted by atomic mass is 32.2. The second-order valence-electron chi connectivity index (χ2n) is 2.79. The van der Waals surface area contributed by atoms with E-state index in [0.29, 0.717) is 0 Å². The standard InChI is InChI=1S/C10H12NPS/c1-8-4-2-3-5-9(8)10(6-12)13-7-11/h2-5,10H,6,12H2,1H3. The molecule has 0 saturated carbocycles. The molecule has 1 rings (SSSR count). The van der Waals surface area contributed by atoms with E-state index in [-0.39, 0.29) is 5.25 Å². The predicted molar refractivity (Wildman–Crippen MR) is 61.7 cm³/mol. The number of aryl methyl sites for hydroxylation is 1. The van der Waals surface area contributed by atoms with E-state index in [2.05, 4.69) is 33.7 Å². The molecule has 0 amide bonds. The third-order valence-corrected chi connectivity index (χ3v) is 3.59. The minimum absolute atomic E-state index is 0.288. The zero-order valence-corrected chi connectivity index (χ0v) is 9.50. The molecule has 0 fully saturated rings. The molecule has 2 atom stereocenters. The second kappa shape index (κ2) is 5.27. The summed E-state index contributed by atoms with van der Waals surface area (Å²) in [7, 11) is 2.69. The van der Waals surface area contributed by atoms with Gasteiger partial charge in [0.05, 0.1) is 0 Å². The van der Waals surface area contributed by atoms with Crippen LogP contribution in [0.15, 0.2) is 24.3 Å². The first-order valence-electron chi connectivity index (χ1n) is 4.10. The first-order chi connectivity index (χ1) is 6.29. The summed E-state index contributed by atoms with van der Waals surface area (Å²) >= 11 is 1.33. The molecule has 68 valence electrons. The van der Waals surface area contributed by atoms with Gasteiger partial charge < -0.3 is 0 Å². The van der Waals surface area contributed by atoms with Gasteiger partial charge in [0.15, 0.2) is 0 Å². The maximum Gasteiger partial charge on any atom is 0.133 e. The molecule has 1 nitrogen and oxygen atoms in total. The van der Waals surface area contributed by atoms with Crippen molar-refractivity contribution >= 4 is 21.0 Å². The Labute approximate surface area is 85.7 Å². The summed E-state index contributed by atoms with van der Waals surface area (Å²) in [5.41, 5.74) is 2.53. The summed E-state index contributed by atoms with van der Waals surface area (Å²) < 4.78 is 0. The van der Waals surface area contributed by atoms with Crippen LogP contribution in [-0.2, 0) is 0 Å². The van der Waals surface area contributed by atoms with Gasteiger partial charge in [-0.3, -0.25) is 0 Å². The Balaban J connectivity index is 2.92. The van der Waals surface area contributed by atoms with Gasteiger partial charge in [-0.15, -0.1) is 9.24 Å². The molecule has 0 bridgehead atoms. The SMILES string of the molecule is Cc1ccccc1C(CP)SC#N. The zero-order chi connectivity index (χ0) is 9.68. The van der Waals surface area contributed by atoms with E-state index in [1.807, 2.05) is 12.1 Å². The minimum atomic E-state index is 0.288. The summed E-state index contributed by atoms with van der Waals surface area (Å²) in [5, 5.41) is 11.1. The van der Waals surface area contributed by atoms with Gasteiger partial charge in [-0.05, 0) is 36.0 Å². The molecule has 0 heterocycles. The smallest absolute Gasteiger partial charge is 0.133 e. The van der Waals surface area contributed by atoms with Crippen LogP contribution in [0.4, 0.5) is 0 Å². The van der Waals surface area contributed by atoms with Crippen LogP contribution in [-0.4, -0.2) is 6.16 Å². The second-order valence-corrected chi connectivity index (χ2v) is 4.25. The van der Waals surface area contributed by atoms with E-state index >= 15 is 0 Å². The molecule has 0 aromatic heterocycles. The molecular weight excluding hydrogens is 197 g/mol. The maximum atomic E-state index is 8.62. The molecule has 0 aliphatic carbocycles. The van der Waals surface area contributed by atoms with Crippen LogP contribution in [0, 0.1) is 17.6 Å². The van der Waals surface area contributed by atoms with Crippen LogP contribution in [0.2, 0.25) is 0 Å². The van der Waals surface area contributed by atoms with Gasteiger partial charge in [0.25, 0.3) is 0 Å². The Morgan fingerprint density at radius 1 is 1.54 bits per heavy atom. The summed E-state index contributed by atoms with van der Waals surface area (Å²) in [5.74, 6) is 0. The van der Waals surface area contributed by atoms with E-state index in [9.17, 15) is 0 Å². The van der Waals surface area contributed by atoms with Gasteiger partial charge in [-0.1, -0.05) is 24.3 Å². The minimum Gasteiger partial charge on any atom is -0.185 e. The van der Waals surface area contributed by atoms with Crippen molar-refractivity contribution in [1.82, 2.24) is 0 Å². The molecule has 13 heavy (non-hydrogen) atoms.